The van der Waals surface area contributed by atoms with Gasteiger partial charge in [0.25, 0.3) is 0 Å². The van der Waals surface area contributed by atoms with Gasteiger partial charge in [-0.15, -0.1) is 0 Å². The third kappa shape index (κ3) is 4.88. The van der Waals surface area contributed by atoms with Gasteiger partial charge < -0.3 is 20.1 Å². The van der Waals surface area contributed by atoms with Crippen molar-refractivity contribution in [3.05, 3.63) is 59.7 Å². The standard InChI is InChI=1S/C23H28N2O4/c1-28-19-9-5-3-7-17(19)11-15-24-21(26)23(13-14-23)22(27)25-16-12-18-8-4-6-10-20(18)29-2/h3-10H,11-16H2,1-2H3,(H,24,26)(H,25,27). The fourth-order valence-corrected chi connectivity index (χ4v) is 3.46. The molecule has 2 aromatic carbocycles. The molecule has 2 aromatic rings. The van der Waals surface area contributed by atoms with Gasteiger partial charge in [-0.25, -0.2) is 0 Å². The van der Waals surface area contributed by atoms with Crippen LogP contribution in [0.5, 0.6) is 11.5 Å². The van der Waals surface area contributed by atoms with Gasteiger partial charge >= 0.3 is 0 Å². The lowest BCUT2D eigenvalue weighted by molar-refractivity contribution is -0.137. The van der Waals surface area contributed by atoms with Crippen molar-refractivity contribution in [3.8, 4) is 11.5 Å². The number of amides is 2. The zero-order chi connectivity index (χ0) is 20.7. The Balaban J connectivity index is 1.47. The van der Waals surface area contributed by atoms with E-state index in [2.05, 4.69) is 10.6 Å². The Kier molecular flexibility index (Phi) is 6.75. The highest BCUT2D eigenvalue weighted by Crippen LogP contribution is 2.46. The van der Waals surface area contributed by atoms with Gasteiger partial charge in [0.15, 0.2) is 0 Å². The van der Waals surface area contributed by atoms with E-state index in [-0.39, 0.29) is 11.8 Å². The molecule has 0 bridgehead atoms. The summed E-state index contributed by atoms with van der Waals surface area (Å²) in [5.41, 5.74) is 1.14. The first-order valence-electron chi connectivity index (χ1n) is 9.91. The minimum Gasteiger partial charge on any atom is -0.496 e. The van der Waals surface area contributed by atoms with Crippen LogP contribution in [0, 0.1) is 5.41 Å². The summed E-state index contributed by atoms with van der Waals surface area (Å²) in [6.07, 6.45) is 2.49. The highest BCUT2D eigenvalue weighted by molar-refractivity contribution is 6.07. The second kappa shape index (κ2) is 9.45. The smallest absolute Gasteiger partial charge is 0.235 e. The van der Waals surface area contributed by atoms with Crippen LogP contribution in [-0.2, 0) is 22.4 Å². The molecule has 1 saturated carbocycles. The highest BCUT2D eigenvalue weighted by atomic mass is 16.5. The van der Waals surface area contributed by atoms with Crippen LogP contribution in [0.2, 0.25) is 0 Å². The van der Waals surface area contributed by atoms with E-state index in [1.54, 1.807) is 14.2 Å². The Hall–Kier alpha value is -3.02. The molecule has 154 valence electrons. The summed E-state index contributed by atoms with van der Waals surface area (Å²) in [6.45, 7) is 0.935. The normalized spacial score (nSPS) is 14.0. The zero-order valence-corrected chi connectivity index (χ0v) is 17.0. The first kappa shape index (κ1) is 20.7. The number of rotatable bonds is 10. The molecule has 6 nitrogen and oxygen atoms in total. The molecular formula is C23H28N2O4. The molecule has 0 radical (unpaired) electrons. The van der Waals surface area contributed by atoms with Gasteiger partial charge in [-0.2, -0.15) is 0 Å². The van der Waals surface area contributed by atoms with Crippen LogP contribution in [0.1, 0.15) is 24.0 Å². The number of benzene rings is 2. The number of ether oxygens (including phenoxy) is 2. The maximum atomic E-state index is 12.6. The van der Waals surface area contributed by atoms with E-state index in [0.717, 1.165) is 22.6 Å². The van der Waals surface area contributed by atoms with Gasteiger partial charge in [-0.05, 0) is 48.9 Å². The Morgan fingerprint density at radius 3 is 1.59 bits per heavy atom. The molecule has 2 N–H and O–H groups in total. The van der Waals surface area contributed by atoms with Gasteiger partial charge in [-0.3, -0.25) is 9.59 Å². The summed E-state index contributed by atoms with van der Waals surface area (Å²) in [5, 5.41) is 5.83. The molecule has 29 heavy (non-hydrogen) atoms. The largest absolute Gasteiger partial charge is 0.496 e. The monoisotopic (exact) mass is 396 g/mol. The fraction of sp³-hybridized carbons (Fsp3) is 0.391. The van der Waals surface area contributed by atoms with Crippen molar-refractivity contribution in [2.75, 3.05) is 27.3 Å². The minimum absolute atomic E-state index is 0.192. The molecular weight excluding hydrogens is 368 g/mol. The van der Waals surface area contributed by atoms with Crippen LogP contribution in [0.25, 0.3) is 0 Å². The Bertz CT molecular complexity index is 794. The van der Waals surface area contributed by atoms with Crippen molar-refractivity contribution >= 4 is 11.8 Å². The summed E-state index contributed by atoms with van der Waals surface area (Å²) in [5.74, 6) is 1.22. The number of carbonyl (C=O) groups excluding carboxylic acids is 2. The zero-order valence-electron chi connectivity index (χ0n) is 17.0. The SMILES string of the molecule is COc1ccccc1CCNC(=O)C1(C(=O)NCCc2ccccc2OC)CC1. The summed E-state index contributed by atoms with van der Waals surface area (Å²) >= 11 is 0. The lowest BCUT2D eigenvalue weighted by Gasteiger charge is -2.16. The van der Waals surface area contributed by atoms with Crippen LogP contribution < -0.4 is 20.1 Å². The van der Waals surface area contributed by atoms with Crippen molar-refractivity contribution in [2.24, 2.45) is 5.41 Å². The van der Waals surface area contributed by atoms with Crippen molar-refractivity contribution < 1.29 is 19.1 Å². The minimum atomic E-state index is -0.915. The van der Waals surface area contributed by atoms with E-state index in [9.17, 15) is 9.59 Å². The molecule has 2 amide bonds. The predicted octanol–water partition coefficient (Wildman–Crippen LogP) is 2.50. The molecule has 0 aromatic heterocycles. The number of methoxy groups -OCH3 is 2. The summed E-state index contributed by atoms with van der Waals surface area (Å²) < 4.78 is 10.7. The van der Waals surface area contributed by atoms with E-state index in [4.69, 9.17) is 9.47 Å². The molecule has 3 rings (SSSR count). The number of hydrogen-bond acceptors (Lipinski definition) is 4. The number of carbonyl (C=O) groups is 2. The highest BCUT2D eigenvalue weighted by Gasteiger charge is 2.56. The molecule has 0 aliphatic heterocycles. The number of para-hydroxylation sites is 2. The molecule has 1 aliphatic carbocycles. The van der Waals surface area contributed by atoms with E-state index in [0.29, 0.717) is 38.8 Å². The van der Waals surface area contributed by atoms with Crippen LogP contribution in [0.3, 0.4) is 0 Å². The summed E-state index contributed by atoms with van der Waals surface area (Å²) in [4.78, 5) is 25.2. The molecule has 0 heterocycles. The predicted molar refractivity (Wildman–Crippen MR) is 111 cm³/mol. The average Bonchev–Trinajstić information content (AvgIpc) is 3.56. The van der Waals surface area contributed by atoms with Crippen LogP contribution in [0.4, 0.5) is 0 Å². The molecule has 0 saturated heterocycles. The van der Waals surface area contributed by atoms with E-state index >= 15 is 0 Å². The fourth-order valence-electron chi connectivity index (χ4n) is 3.46. The summed E-state index contributed by atoms with van der Waals surface area (Å²) in [6, 6.07) is 15.5. The molecule has 1 fully saturated rings. The van der Waals surface area contributed by atoms with E-state index in [1.165, 1.54) is 0 Å². The van der Waals surface area contributed by atoms with Gasteiger partial charge in [0.2, 0.25) is 11.8 Å². The third-order valence-electron chi connectivity index (χ3n) is 5.36. The topological polar surface area (TPSA) is 76.7 Å². The summed E-state index contributed by atoms with van der Waals surface area (Å²) in [7, 11) is 3.26. The lowest BCUT2D eigenvalue weighted by atomic mass is 10.0. The van der Waals surface area contributed by atoms with Gasteiger partial charge in [0.1, 0.15) is 16.9 Å². The van der Waals surface area contributed by atoms with Crippen LogP contribution in [0.15, 0.2) is 48.5 Å². The first-order valence-corrected chi connectivity index (χ1v) is 9.91. The molecule has 0 atom stereocenters. The Labute approximate surface area is 171 Å². The van der Waals surface area contributed by atoms with Gasteiger partial charge in [0, 0.05) is 13.1 Å². The Morgan fingerprint density at radius 1 is 0.793 bits per heavy atom. The van der Waals surface area contributed by atoms with Crippen molar-refractivity contribution in [1.82, 2.24) is 10.6 Å². The third-order valence-corrected chi connectivity index (χ3v) is 5.36. The van der Waals surface area contributed by atoms with Gasteiger partial charge in [0.05, 0.1) is 14.2 Å². The van der Waals surface area contributed by atoms with Gasteiger partial charge in [-0.1, -0.05) is 36.4 Å². The number of nitrogens with one attached hydrogen (secondary N) is 2. The van der Waals surface area contributed by atoms with Crippen molar-refractivity contribution in [2.45, 2.75) is 25.7 Å². The lowest BCUT2D eigenvalue weighted by Crippen LogP contribution is -2.44. The molecule has 1 aliphatic rings. The van der Waals surface area contributed by atoms with Crippen molar-refractivity contribution in [1.29, 1.82) is 0 Å². The van der Waals surface area contributed by atoms with Crippen LogP contribution >= 0.6 is 0 Å². The van der Waals surface area contributed by atoms with Crippen LogP contribution in [-0.4, -0.2) is 39.1 Å². The first-order chi connectivity index (χ1) is 14.1. The second-order valence-corrected chi connectivity index (χ2v) is 7.22. The van der Waals surface area contributed by atoms with E-state index in [1.807, 2.05) is 48.5 Å². The number of hydrogen-bond donors (Lipinski definition) is 2. The quantitative estimate of drug-likeness (QED) is 0.605. The second-order valence-electron chi connectivity index (χ2n) is 7.22. The molecule has 0 spiro atoms. The maximum Gasteiger partial charge on any atom is 0.235 e. The molecule has 6 heteroatoms. The molecule has 0 unspecified atom stereocenters. The van der Waals surface area contributed by atoms with E-state index < -0.39 is 5.41 Å². The average molecular weight is 396 g/mol. The van der Waals surface area contributed by atoms with Crippen molar-refractivity contribution in [3.63, 3.8) is 0 Å². The maximum absolute atomic E-state index is 12.6. The Morgan fingerprint density at radius 2 is 1.21 bits per heavy atom.